The van der Waals surface area contributed by atoms with Crippen molar-refractivity contribution in [1.29, 1.82) is 0 Å². The minimum Gasteiger partial charge on any atom is -0.342 e. The van der Waals surface area contributed by atoms with Crippen LogP contribution in [0.5, 0.6) is 0 Å². The summed E-state index contributed by atoms with van der Waals surface area (Å²) in [5.41, 5.74) is 3.27. The van der Waals surface area contributed by atoms with Crippen LogP contribution in [0.25, 0.3) is 11.1 Å². The first-order valence-corrected chi connectivity index (χ1v) is 10.0. The lowest BCUT2D eigenvalue weighted by atomic mass is 9.90. The molecular formula is C21H27N5O. The molecule has 0 N–H and O–H groups in total. The van der Waals surface area contributed by atoms with Crippen molar-refractivity contribution in [3.8, 4) is 11.1 Å². The number of aromatic nitrogens is 3. The lowest BCUT2D eigenvalue weighted by Crippen LogP contribution is -2.45. The Bertz CT molecular complexity index is 760. The van der Waals surface area contributed by atoms with Gasteiger partial charge in [0.2, 0.25) is 5.91 Å². The average Bonchev–Trinajstić information content (AvgIpc) is 2.75. The van der Waals surface area contributed by atoms with Crippen LogP contribution in [0.2, 0.25) is 0 Å². The number of amides is 1. The lowest BCUT2D eigenvalue weighted by Gasteiger charge is -2.35. The van der Waals surface area contributed by atoms with E-state index in [1.165, 1.54) is 6.42 Å². The Morgan fingerprint density at radius 2 is 1.85 bits per heavy atom. The van der Waals surface area contributed by atoms with Crippen LogP contribution in [0.1, 0.15) is 43.7 Å². The van der Waals surface area contributed by atoms with Gasteiger partial charge in [-0.15, -0.1) is 0 Å². The van der Waals surface area contributed by atoms with Gasteiger partial charge in [-0.3, -0.25) is 14.7 Å². The average molecular weight is 365 g/mol. The second-order valence-corrected chi connectivity index (χ2v) is 7.57. The van der Waals surface area contributed by atoms with Crippen molar-refractivity contribution in [1.82, 2.24) is 24.8 Å². The minimum atomic E-state index is 0.285. The minimum absolute atomic E-state index is 0.285. The van der Waals surface area contributed by atoms with Crippen LogP contribution < -0.4 is 0 Å². The summed E-state index contributed by atoms with van der Waals surface area (Å²) in [5.74, 6) is 0.617. The fraction of sp³-hybridized carbons (Fsp3) is 0.524. The standard InChI is InChI=1S/C21H27N5O/c27-20(26-11-2-1-3-12-26)15-25-10-4-5-18(14-25)21-19(13-23-16-24-21)17-6-8-22-9-7-17/h6-9,13,16,18H,1-5,10-12,14-15H2/t18-/m0/s1. The third-order valence-corrected chi connectivity index (χ3v) is 5.69. The molecule has 27 heavy (non-hydrogen) atoms. The summed E-state index contributed by atoms with van der Waals surface area (Å²) < 4.78 is 0. The fourth-order valence-electron chi connectivity index (χ4n) is 4.28. The Balaban J connectivity index is 1.46. The predicted octanol–water partition coefficient (Wildman–Crippen LogP) is 2.73. The molecule has 6 nitrogen and oxygen atoms in total. The number of hydrogen-bond donors (Lipinski definition) is 0. The summed E-state index contributed by atoms with van der Waals surface area (Å²) in [6.07, 6.45) is 12.9. The molecule has 2 aliphatic rings. The van der Waals surface area contributed by atoms with E-state index in [2.05, 4.69) is 19.9 Å². The molecule has 2 aliphatic heterocycles. The summed E-state index contributed by atoms with van der Waals surface area (Å²) in [6.45, 7) is 4.26. The number of likely N-dealkylation sites (tertiary alicyclic amines) is 2. The molecule has 1 amide bonds. The monoisotopic (exact) mass is 365 g/mol. The van der Waals surface area contributed by atoms with E-state index in [0.717, 1.165) is 68.7 Å². The molecule has 4 rings (SSSR count). The molecule has 0 saturated carbocycles. The highest BCUT2D eigenvalue weighted by atomic mass is 16.2. The van der Waals surface area contributed by atoms with E-state index in [0.29, 0.717) is 12.5 Å². The van der Waals surface area contributed by atoms with Gasteiger partial charge in [0.25, 0.3) is 0 Å². The normalized spacial score (nSPS) is 21.2. The van der Waals surface area contributed by atoms with Crippen LogP contribution in [-0.2, 0) is 4.79 Å². The van der Waals surface area contributed by atoms with Crippen molar-refractivity contribution < 1.29 is 4.79 Å². The van der Waals surface area contributed by atoms with E-state index in [1.54, 1.807) is 18.7 Å². The molecule has 1 atom stereocenters. The summed E-state index contributed by atoms with van der Waals surface area (Å²) in [6, 6.07) is 4.01. The highest BCUT2D eigenvalue weighted by Gasteiger charge is 2.27. The number of carbonyl (C=O) groups is 1. The smallest absolute Gasteiger partial charge is 0.236 e. The van der Waals surface area contributed by atoms with Crippen LogP contribution in [-0.4, -0.2) is 63.4 Å². The molecule has 0 aliphatic carbocycles. The molecule has 142 valence electrons. The number of nitrogens with zero attached hydrogens (tertiary/aromatic N) is 5. The van der Waals surface area contributed by atoms with Crippen LogP contribution in [0, 0.1) is 0 Å². The molecule has 0 bridgehead atoms. The van der Waals surface area contributed by atoms with Gasteiger partial charge in [0.05, 0.1) is 12.2 Å². The first-order chi connectivity index (χ1) is 13.3. The number of pyridine rings is 1. The maximum absolute atomic E-state index is 12.6. The molecule has 6 heteroatoms. The SMILES string of the molecule is O=C(CN1CCC[C@H](c2ncncc2-c2ccncc2)C1)N1CCCCC1. The first-order valence-electron chi connectivity index (χ1n) is 10.0. The van der Waals surface area contributed by atoms with E-state index in [9.17, 15) is 4.79 Å². The van der Waals surface area contributed by atoms with Crippen molar-refractivity contribution in [2.24, 2.45) is 0 Å². The van der Waals surface area contributed by atoms with Gasteiger partial charge in [-0.2, -0.15) is 0 Å². The van der Waals surface area contributed by atoms with Crippen molar-refractivity contribution in [3.05, 3.63) is 42.7 Å². The third kappa shape index (κ3) is 4.33. The zero-order chi connectivity index (χ0) is 18.5. The molecule has 4 heterocycles. The molecule has 2 fully saturated rings. The predicted molar refractivity (Wildman–Crippen MR) is 104 cm³/mol. The van der Waals surface area contributed by atoms with Gasteiger partial charge < -0.3 is 4.90 Å². The van der Waals surface area contributed by atoms with E-state index < -0.39 is 0 Å². The van der Waals surface area contributed by atoms with Gasteiger partial charge in [-0.25, -0.2) is 9.97 Å². The third-order valence-electron chi connectivity index (χ3n) is 5.69. The van der Waals surface area contributed by atoms with Crippen molar-refractivity contribution >= 4 is 5.91 Å². The Morgan fingerprint density at radius 3 is 2.67 bits per heavy atom. The van der Waals surface area contributed by atoms with Gasteiger partial charge in [0.15, 0.2) is 0 Å². The number of rotatable bonds is 4. The molecule has 2 aromatic heterocycles. The van der Waals surface area contributed by atoms with E-state index in [-0.39, 0.29) is 5.91 Å². The fourth-order valence-corrected chi connectivity index (χ4v) is 4.28. The molecular weight excluding hydrogens is 338 g/mol. The second-order valence-electron chi connectivity index (χ2n) is 7.57. The van der Waals surface area contributed by atoms with Gasteiger partial charge in [0.1, 0.15) is 6.33 Å². The van der Waals surface area contributed by atoms with Gasteiger partial charge in [-0.05, 0) is 56.3 Å². The summed E-state index contributed by atoms with van der Waals surface area (Å²) in [7, 11) is 0. The van der Waals surface area contributed by atoms with E-state index in [4.69, 9.17) is 0 Å². The number of piperidine rings is 2. The summed E-state index contributed by atoms with van der Waals surface area (Å²) >= 11 is 0. The Morgan fingerprint density at radius 1 is 1.04 bits per heavy atom. The second kappa shape index (κ2) is 8.57. The van der Waals surface area contributed by atoms with Gasteiger partial charge in [-0.1, -0.05) is 0 Å². The number of carbonyl (C=O) groups excluding carboxylic acids is 1. The molecule has 0 spiro atoms. The maximum Gasteiger partial charge on any atom is 0.236 e. The highest BCUT2D eigenvalue weighted by molar-refractivity contribution is 5.78. The zero-order valence-corrected chi connectivity index (χ0v) is 15.8. The van der Waals surface area contributed by atoms with E-state index in [1.807, 2.05) is 23.2 Å². The van der Waals surface area contributed by atoms with Crippen LogP contribution in [0.4, 0.5) is 0 Å². The number of hydrogen-bond acceptors (Lipinski definition) is 5. The van der Waals surface area contributed by atoms with Crippen LogP contribution in [0.3, 0.4) is 0 Å². The molecule has 0 aromatic carbocycles. The van der Waals surface area contributed by atoms with Crippen molar-refractivity contribution in [2.75, 3.05) is 32.7 Å². The van der Waals surface area contributed by atoms with E-state index >= 15 is 0 Å². The molecule has 0 radical (unpaired) electrons. The van der Waals surface area contributed by atoms with Crippen LogP contribution >= 0.6 is 0 Å². The largest absolute Gasteiger partial charge is 0.342 e. The molecule has 0 unspecified atom stereocenters. The Labute approximate surface area is 160 Å². The summed E-state index contributed by atoms with van der Waals surface area (Å²) in [4.78, 5) is 30.0. The van der Waals surface area contributed by atoms with Gasteiger partial charge >= 0.3 is 0 Å². The summed E-state index contributed by atoms with van der Waals surface area (Å²) in [5, 5.41) is 0. The Kier molecular flexibility index (Phi) is 5.72. The first kappa shape index (κ1) is 18.0. The van der Waals surface area contributed by atoms with Gasteiger partial charge in [0, 0.05) is 49.7 Å². The highest BCUT2D eigenvalue weighted by Crippen LogP contribution is 2.32. The topological polar surface area (TPSA) is 62.2 Å². The maximum atomic E-state index is 12.6. The quantitative estimate of drug-likeness (QED) is 0.834. The zero-order valence-electron chi connectivity index (χ0n) is 15.8. The molecule has 2 aromatic rings. The lowest BCUT2D eigenvalue weighted by molar-refractivity contribution is -0.133. The van der Waals surface area contributed by atoms with Crippen molar-refractivity contribution in [2.45, 2.75) is 38.0 Å². The molecule has 2 saturated heterocycles. The van der Waals surface area contributed by atoms with Crippen LogP contribution in [0.15, 0.2) is 37.1 Å². The van der Waals surface area contributed by atoms with Crippen molar-refractivity contribution in [3.63, 3.8) is 0 Å². The Hall–Kier alpha value is -2.34.